The van der Waals surface area contributed by atoms with Crippen molar-refractivity contribution in [3.05, 3.63) is 35.4 Å². The molecule has 0 aliphatic rings. The molecule has 1 aromatic carbocycles. The van der Waals surface area contributed by atoms with Crippen LogP contribution in [0.4, 0.5) is 0 Å². The van der Waals surface area contributed by atoms with Gasteiger partial charge in [0.05, 0.1) is 0 Å². The molecule has 0 aliphatic carbocycles. The summed E-state index contributed by atoms with van der Waals surface area (Å²) in [6, 6.07) is 7.79. The molecule has 0 heterocycles. The van der Waals surface area contributed by atoms with Crippen molar-refractivity contribution in [1.82, 2.24) is 5.32 Å². The van der Waals surface area contributed by atoms with Gasteiger partial charge in [-0.25, -0.2) is 0 Å². The summed E-state index contributed by atoms with van der Waals surface area (Å²) in [6.45, 7) is 8.85. The average Bonchev–Trinajstić information content (AvgIpc) is 2.35. The first-order valence-electron chi connectivity index (χ1n) is 6.56. The third kappa shape index (κ3) is 3.84. The smallest absolute Gasteiger partial charge is 0.251 e. The van der Waals surface area contributed by atoms with Crippen molar-refractivity contribution >= 4 is 5.91 Å². The molecule has 3 nitrogen and oxygen atoms in total. The van der Waals surface area contributed by atoms with E-state index in [9.17, 15) is 4.79 Å². The maximum Gasteiger partial charge on any atom is 0.251 e. The molecule has 1 rings (SSSR count). The first kappa shape index (κ1) is 14.7. The number of hydrogen-bond acceptors (Lipinski definition) is 2. The summed E-state index contributed by atoms with van der Waals surface area (Å²) < 4.78 is 0. The highest BCUT2D eigenvalue weighted by atomic mass is 16.1. The van der Waals surface area contributed by atoms with Crippen LogP contribution in [0.3, 0.4) is 0 Å². The van der Waals surface area contributed by atoms with E-state index in [1.165, 1.54) is 5.56 Å². The predicted octanol–water partition coefficient (Wildman–Crippen LogP) is 2.52. The van der Waals surface area contributed by atoms with E-state index in [4.69, 9.17) is 5.73 Å². The average molecular weight is 248 g/mol. The molecule has 0 saturated heterocycles. The summed E-state index contributed by atoms with van der Waals surface area (Å²) in [6.07, 6.45) is 0. The Balaban J connectivity index is 2.72. The van der Waals surface area contributed by atoms with E-state index >= 15 is 0 Å². The topological polar surface area (TPSA) is 55.1 Å². The van der Waals surface area contributed by atoms with Crippen LogP contribution in [0.1, 0.15) is 49.5 Å². The van der Waals surface area contributed by atoms with E-state index in [0.717, 1.165) is 0 Å². The van der Waals surface area contributed by atoms with E-state index in [1.54, 1.807) is 0 Å². The van der Waals surface area contributed by atoms with E-state index in [-0.39, 0.29) is 11.9 Å². The highest BCUT2D eigenvalue weighted by Gasteiger charge is 2.15. The van der Waals surface area contributed by atoms with Crippen LogP contribution in [-0.2, 0) is 0 Å². The Kier molecular flexibility index (Phi) is 5.35. The van der Waals surface area contributed by atoms with Gasteiger partial charge in [-0.3, -0.25) is 4.79 Å². The molecule has 3 heteroatoms. The zero-order valence-corrected chi connectivity index (χ0v) is 11.7. The predicted molar refractivity (Wildman–Crippen MR) is 75.7 cm³/mol. The maximum absolute atomic E-state index is 12.0. The zero-order chi connectivity index (χ0) is 13.7. The summed E-state index contributed by atoms with van der Waals surface area (Å²) >= 11 is 0. The molecule has 0 aliphatic heterocycles. The largest absolute Gasteiger partial charge is 0.348 e. The quantitative estimate of drug-likeness (QED) is 0.841. The zero-order valence-electron chi connectivity index (χ0n) is 11.7. The third-order valence-electron chi connectivity index (χ3n) is 3.21. The Hall–Kier alpha value is -1.35. The second-order valence-electron chi connectivity index (χ2n) is 5.34. The summed E-state index contributed by atoms with van der Waals surface area (Å²) in [7, 11) is 0. The number of carbonyl (C=O) groups is 1. The van der Waals surface area contributed by atoms with Gasteiger partial charge in [-0.2, -0.15) is 0 Å². The lowest BCUT2D eigenvalue weighted by Gasteiger charge is -2.20. The van der Waals surface area contributed by atoms with Crippen molar-refractivity contribution in [1.29, 1.82) is 0 Å². The molecule has 0 spiro atoms. The highest BCUT2D eigenvalue weighted by Crippen LogP contribution is 2.14. The van der Waals surface area contributed by atoms with Gasteiger partial charge in [-0.05, 0) is 29.5 Å². The molecule has 18 heavy (non-hydrogen) atoms. The number of benzene rings is 1. The third-order valence-corrected chi connectivity index (χ3v) is 3.21. The van der Waals surface area contributed by atoms with Gasteiger partial charge in [-0.15, -0.1) is 0 Å². The second kappa shape index (κ2) is 6.55. The van der Waals surface area contributed by atoms with E-state index in [2.05, 4.69) is 33.0 Å². The van der Waals surface area contributed by atoms with Crippen molar-refractivity contribution < 1.29 is 4.79 Å². The van der Waals surface area contributed by atoms with Crippen molar-refractivity contribution in [2.24, 2.45) is 11.7 Å². The molecule has 0 saturated carbocycles. The number of nitrogens with one attached hydrogen (secondary N) is 1. The van der Waals surface area contributed by atoms with Crippen LogP contribution in [0.2, 0.25) is 0 Å². The second-order valence-corrected chi connectivity index (χ2v) is 5.34. The van der Waals surface area contributed by atoms with Gasteiger partial charge in [0.15, 0.2) is 0 Å². The molecule has 100 valence electrons. The lowest BCUT2D eigenvalue weighted by Crippen LogP contribution is -2.43. The van der Waals surface area contributed by atoms with Crippen molar-refractivity contribution in [3.8, 4) is 0 Å². The SMILES string of the molecule is CC(C)c1ccc(C(=O)NC(CN)C(C)C)cc1. The lowest BCUT2D eigenvalue weighted by molar-refractivity contribution is 0.0927. The van der Waals surface area contributed by atoms with Crippen LogP contribution in [-0.4, -0.2) is 18.5 Å². The van der Waals surface area contributed by atoms with Crippen LogP contribution in [0.5, 0.6) is 0 Å². The Labute approximate surface area is 110 Å². The lowest BCUT2D eigenvalue weighted by atomic mass is 10.0. The Morgan fingerprint density at radius 1 is 1.17 bits per heavy atom. The van der Waals surface area contributed by atoms with E-state index in [0.29, 0.717) is 23.9 Å². The molecule has 1 amide bonds. The maximum atomic E-state index is 12.0. The number of carbonyl (C=O) groups excluding carboxylic acids is 1. The molecule has 0 fully saturated rings. The van der Waals surface area contributed by atoms with Crippen LogP contribution >= 0.6 is 0 Å². The summed E-state index contributed by atoms with van der Waals surface area (Å²) in [5.41, 5.74) is 7.58. The standard InChI is InChI=1S/C15H24N2O/c1-10(2)12-5-7-13(8-6-12)15(18)17-14(9-16)11(3)4/h5-8,10-11,14H,9,16H2,1-4H3,(H,17,18). The van der Waals surface area contributed by atoms with Gasteiger partial charge < -0.3 is 11.1 Å². The molecule has 1 atom stereocenters. The summed E-state index contributed by atoms with van der Waals surface area (Å²) in [5.74, 6) is 0.776. The van der Waals surface area contributed by atoms with Crippen LogP contribution in [0, 0.1) is 5.92 Å². The molecule has 0 aromatic heterocycles. The minimum absolute atomic E-state index is 0.0299. The number of nitrogens with two attached hydrogens (primary N) is 1. The van der Waals surface area contributed by atoms with Crippen LogP contribution in [0.25, 0.3) is 0 Å². The van der Waals surface area contributed by atoms with Gasteiger partial charge in [0, 0.05) is 18.2 Å². The molecule has 0 bridgehead atoms. The molecule has 1 aromatic rings. The minimum Gasteiger partial charge on any atom is -0.348 e. The Morgan fingerprint density at radius 2 is 1.72 bits per heavy atom. The fourth-order valence-electron chi connectivity index (χ4n) is 1.77. The van der Waals surface area contributed by atoms with Gasteiger partial charge in [0.1, 0.15) is 0 Å². The minimum atomic E-state index is -0.0468. The van der Waals surface area contributed by atoms with Crippen molar-refractivity contribution in [3.63, 3.8) is 0 Å². The van der Waals surface area contributed by atoms with Gasteiger partial charge >= 0.3 is 0 Å². The van der Waals surface area contributed by atoms with Crippen molar-refractivity contribution in [2.45, 2.75) is 39.7 Å². The number of hydrogen-bond donors (Lipinski definition) is 2. The number of amides is 1. The fraction of sp³-hybridized carbons (Fsp3) is 0.533. The Morgan fingerprint density at radius 3 is 2.11 bits per heavy atom. The fourth-order valence-corrected chi connectivity index (χ4v) is 1.77. The van der Waals surface area contributed by atoms with Gasteiger partial charge in [-0.1, -0.05) is 39.8 Å². The highest BCUT2D eigenvalue weighted by molar-refractivity contribution is 5.94. The molecular weight excluding hydrogens is 224 g/mol. The van der Waals surface area contributed by atoms with Crippen LogP contribution in [0.15, 0.2) is 24.3 Å². The first-order valence-corrected chi connectivity index (χ1v) is 6.56. The molecule has 1 unspecified atom stereocenters. The normalized spacial score (nSPS) is 12.8. The molecule has 0 radical (unpaired) electrons. The van der Waals surface area contributed by atoms with Gasteiger partial charge in [0.25, 0.3) is 5.91 Å². The molecule has 3 N–H and O–H groups in total. The van der Waals surface area contributed by atoms with Crippen molar-refractivity contribution in [2.75, 3.05) is 6.54 Å². The van der Waals surface area contributed by atoms with E-state index in [1.807, 2.05) is 24.3 Å². The van der Waals surface area contributed by atoms with Crippen LogP contribution < -0.4 is 11.1 Å². The molecular formula is C15H24N2O. The number of rotatable bonds is 5. The monoisotopic (exact) mass is 248 g/mol. The summed E-state index contributed by atoms with van der Waals surface area (Å²) in [4.78, 5) is 12.0. The Bertz CT molecular complexity index is 382. The summed E-state index contributed by atoms with van der Waals surface area (Å²) in [5, 5.41) is 2.97. The first-order chi connectivity index (χ1) is 8.45. The van der Waals surface area contributed by atoms with E-state index < -0.39 is 0 Å². The van der Waals surface area contributed by atoms with Gasteiger partial charge in [0.2, 0.25) is 0 Å².